The lowest BCUT2D eigenvalue weighted by Crippen LogP contribution is -2.32. The highest BCUT2D eigenvalue weighted by Gasteiger charge is 2.41. The predicted molar refractivity (Wildman–Crippen MR) is 68.5 cm³/mol. The van der Waals surface area contributed by atoms with Gasteiger partial charge in [0.25, 0.3) is 0 Å². The number of thioether (sulfide) groups is 1. The molecule has 0 radical (unpaired) electrons. The molecule has 2 atom stereocenters. The first-order valence-electron chi connectivity index (χ1n) is 5.96. The monoisotopic (exact) mass is 240 g/mol. The molecule has 1 spiro atoms. The lowest BCUT2D eigenvalue weighted by molar-refractivity contribution is 0.0616. The van der Waals surface area contributed by atoms with Gasteiger partial charge < -0.3 is 9.84 Å². The molecule has 0 amide bonds. The summed E-state index contributed by atoms with van der Waals surface area (Å²) in [6.45, 7) is 6.65. The Bertz CT molecular complexity index is 303. The van der Waals surface area contributed by atoms with Crippen molar-refractivity contribution in [3.05, 3.63) is 23.8 Å². The minimum absolute atomic E-state index is 0.115. The standard InChI is InChI=1S/C13H20O2S/c1-3-5-12(14)11-6-4-7-13(10(11)2)15-8-9-16-13/h3,12,14H,1,4-9H2,2H3/t12-,13+/m1/s1. The van der Waals surface area contributed by atoms with Crippen LogP contribution in [0.3, 0.4) is 0 Å². The van der Waals surface area contributed by atoms with Crippen LogP contribution in [-0.4, -0.2) is 28.5 Å². The van der Waals surface area contributed by atoms with Gasteiger partial charge in [-0.25, -0.2) is 0 Å². The molecule has 90 valence electrons. The van der Waals surface area contributed by atoms with Gasteiger partial charge in [-0.1, -0.05) is 6.08 Å². The van der Waals surface area contributed by atoms with E-state index in [1.54, 1.807) is 6.08 Å². The number of aliphatic hydroxyl groups is 1. The molecule has 0 unspecified atom stereocenters. The molecule has 0 saturated carbocycles. The van der Waals surface area contributed by atoms with Gasteiger partial charge in [0, 0.05) is 5.75 Å². The Kier molecular flexibility index (Phi) is 3.77. The van der Waals surface area contributed by atoms with E-state index < -0.39 is 0 Å². The van der Waals surface area contributed by atoms with E-state index in [0.717, 1.165) is 31.6 Å². The molecule has 1 heterocycles. The van der Waals surface area contributed by atoms with E-state index in [1.165, 1.54) is 11.1 Å². The lowest BCUT2D eigenvalue weighted by atomic mass is 9.86. The third-order valence-electron chi connectivity index (χ3n) is 3.55. The van der Waals surface area contributed by atoms with Crippen LogP contribution in [0.4, 0.5) is 0 Å². The third kappa shape index (κ3) is 2.08. The van der Waals surface area contributed by atoms with Gasteiger partial charge in [-0.15, -0.1) is 18.3 Å². The molecule has 0 aromatic carbocycles. The normalized spacial score (nSPS) is 32.1. The van der Waals surface area contributed by atoms with Crippen LogP contribution in [0.25, 0.3) is 0 Å². The van der Waals surface area contributed by atoms with Crippen molar-refractivity contribution in [3.8, 4) is 0 Å². The summed E-state index contributed by atoms with van der Waals surface area (Å²) < 4.78 is 5.92. The van der Waals surface area contributed by atoms with Gasteiger partial charge in [0.15, 0.2) is 0 Å². The summed E-state index contributed by atoms with van der Waals surface area (Å²) in [5, 5.41) is 10.1. The van der Waals surface area contributed by atoms with Gasteiger partial charge in [-0.3, -0.25) is 0 Å². The SMILES string of the molecule is C=CC[C@@H](O)C1=C(C)[C@@]2(CCC1)OCCS2. The van der Waals surface area contributed by atoms with Gasteiger partial charge in [0.05, 0.1) is 12.7 Å². The zero-order chi connectivity index (χ0) is 11.6. The first kappa shape index (κ1) is 12.2. The van der Waals surface area contributed by atoms with Crippen molar-refractivity contribution in [3.63, 3.8) is 0 Å². The highest BCUT2D eigenvalue weighted by atomic mass is 32.2. The molecule has 3 heteroatoms. The van der Waals surface area contributed by atoms with Crippen molar-refractivity contribution in [1.82, 2.24) is 0 Å². The van der Waals surface area contributed by atoms with E-state index in [1.807, 2.05) is 11.8 Å². The summed E-state index contributed by atoms with van der Waals surface area (Å²) >= 11 is 1.90. The fraction of sp³-hybridized carbons (Fsp3) is 0.692. The van der Waals surface area contributed by atoms with E-state index in [9.17, 15) is 5.11 Å². The van der Waals surface area contributed by atoms with Gasteiger partial charge in [0.1, 0.15) is 4.93 Å². The van der Waals surface area contributed by atoms with Crippen LogP contribution in [0.15, 0.2) is 23.8 Å². The van der Waals surface area contributed by atoms with Crippen LogP contribution in [0, 0.1) is 0 Å². The van der Waals surface area contributed by atoms with E-state index in [4.69, 9.17) is 4.74 Å². The number of hydrogen-bond donors (Lipinski definition) is 1. The number of hydrogen-bond acceptors (Lipinski definition) is 3. The average molecular weight is 240 g/mol. The predicted octanol–water partition coefficient (Wildman–Crippen LogP) is 2.88. The van der Waals surface area contributed by atoms with Crippen molar-refractivity contribution >= 4 is 11.8 Å². The van der Waals surface area contributed by atoms with Crippen molar-refractivity contribution in [2.45, 2.75) is 43.6 Å². The molecule has 2 nitrogen and oxygen atoms in total. The van der Waals surface area contributed by atoms with E-state index in [2.05, 4.69) is 13.5 Å². The second kappa shape index (κ2) is 4.94. The smallest absolute Gasteiger partial charge is 0.135 e. The molecule has 16 heavy (non-hydrogen) atoms. The van der Waals surface area contributed by atoms with E-state index in [-0.39, 0.29) is 11.0 Å². The van der Waals surface area contributed by atoms with Crippen molar-refractivity contribution in [2.75, 3.05) is 12.4 Å². The summed E-state index contributed by atoms with van der Waals surface area (Å²) in [6.07, 6.45) is 5.29. The molecule has 1 aliphatic heterocycles. The molecule has 2 rings (SSSR count). The molecular weight excluding hydrogens is 220 g/mol. The summed E-state index contributed by atoms with van der Waals surface area (Å²) in [5.41, 5.74) is 2.44. The minimum Gasteiger partial charge on any atom is -0.388 e. The third-order valence-corrected chi connectivity index (χ3v) is 5.02. The maximum absolute atomic E-state index is 10.1. The van der Waals surface area contributed by atoms with Crippen LogP contribution >= 0.6 is 11.8 Å². The van der Waals surface area contributed by atoms with Crippen LogP contribution in [0.5, 0.6) is 0 Å². The van der Waals surface area contributed by atoms with Crippen molar-refractivity contribution < 1.29 is 9.84 Å². The zero-order valence-electron chi connectivity index (χ0n) is 9.87. The molecule has 0 aromatic heterocycles. The molecular formula is C13H20O2S. The quantitative estimate of drug-likeness (QED) is 0.769. The fourth-order valence-electron chi connectivity index (χ4n) is 2.66. The molecule has 0 bridgehead atoms. The Morgan fingerprint density at radius 1 is 1.69 bits per heavy atom. The Labute approximate surface area is 102 Å². The van der Waals surface area contributed by atoms with Crippen LogP contribution in [0.2, 0.25) is 0 Å². The van der Waals surface area contributed by atoms with Gasteiger partial charge in [0.2, 0.25) is 0 Å². The molecule has 1 fully saturated rings. The maximum atomic E-state index is 10.1. The zero-order valence-corrected chi connectivity index (χ0v) is 10.7. The molecule has 1 aliphatic carbocycles. The Hall–Kier alpha value is -0.250. The second-order valence-corrected chi connectivity index (χ2v) is 5.85. The Balaban J connectivity index is 2.24. The number of aliphatic hydroxyl groups excluding tert-OH is 1. The van der Waals surface area contributed by atoms with Crippen LogP contribution in [0.1, 0.15) is 32.6 Å². The highest BCUT2D eigenvalue weighted by molar-refractivity contribution is 8.00. The van der Waals surface area contributed by atoms with Gasteiger partial charge >= 0.3 is 0 Å². The Morgan fingerprint density at radius 2 is 2.50 bits per heavy atom. The number of ether oxygens (including phenoxy) is 1. The van der Waals surface area contributed by atoms with Crippen LogP contribution in [-0.2, 0) is 4.74 Å². The first-order valence-corrected chi connectivity index (χ1v) is 6.95. The van der Waals surface area contributed by atoms with Crippen molar-refractivity contribution in [2.24, 2.45) is 0 Å². The van der Waals surface area contributed by atoms with E-state index in [0.29, 0.717) is 6.42 Å². The maximum Gasteiger partial charge on any atom is 0.135 e. The summed E-state index contributed by atoms with van der Waals surface area (Å²) in [6, 6.07) is 0. The van der Waals surface area contributed by atoms with Crippen LogP contribution < -0.4 is 0 Å². The number of rotatable bonds is 3. The summed E-state index contributed by atoms with van der Waals surface area (Å²) in [7, 11) is 0. The molecule has 1 saturated heterocycles. The molecule has 1 N–H and O–H groups in total. The largest absolute Gasteiger partial charge is 0.388 e. The van der Waals surface area contributed by atoms with Gasteiger partial charge in [-0.05, 0) is 43.8 Å². The fourth-order valence-corrected chi connectivity index (χ4v) is 3.96. The lowest BCUT2D eigenvalue weighted by Gasteiger charge is -2.36. The minimum atomic E-state index is -0.362. The first-order chi connectivity index (χ1) is 7.69. The summed E-state index contributed by atoms with van der Waals surface area (Å²) in [5.74, 6) is 1.07. The second-order valence-electron chi connectivity index (χ2n) is 4.49. The molecule has 0 aromatic rings. The van der Waals surface area contributed by atoms with Crippen molar-refractivity contribution in [1.29, 1.82) is 0 Å². The average Bonchev–Trinajstić information content (AvgIpc) is 2.72. The van der Waals surface area contributed by atoms with E-state index >= 15 is 0 Å². The highest BCUT2D eigenvalue weighted by Crippen LogP contribution is 2.48. The van der Waals surface area contributed by atoms with Gasteiger partial charge in [-0.2, -0.15) is 0 Å². The Morgan fingerprint density at radius 3 is 3.12 bits per heavy atom. The topological polar surface area (TPSA) is 29.5 Å². The summed E-state index contributed by atoms with van der Waals surface area (Å²) in [4.78, 5) is -0.115. The molecule has 2 aliphatic rings.